The highest BCUT2D eigenvalue weighted by Crippen LogP contribution is 2.19. The number of rotatable bonds is 14. The molecule has 0 unspecified atom stereocenters. The summed E-state index contributed by atoms with van der Waals surface area (Å²) >= 11 is 0. The lowest BCUT2D eigenvalue weighted by atomic mass is 9.95. The summed E-state index contributed by atoms with van der Waals surface area (Å²) < 4.78 is 18.7. The van der Waals surface area contributed by atoms with Crippen molar-refractivity contribution in [1.29, 1.82) is 0 Å². The molecule has 10 heteroatoms. The number of hydrogen-bond acceptors (Lipinski definition) is 5. The fraction of sp³-hybridized carbons (Fsp3) is 0.405. The molecule has 3 aromatic carbocycles. The first-order valence-electron chi connectivity index (χ1n) is 15.8. The van der Waals surface area contributed by atoms with E-state index in [1.807, 2.05) is 56.3 Å². The van der Waals surface area contributed by atoms with Crippen molar-refractivity contribution in [2.45, 2.75) is 65.0 Å². The second-order valence-corrected chi connectivity index (χ2v) is 13.3. The molecule has 4 N–H and O–H groups in total. The Morgan fingerprint density at radius 2 is 1.38 bits per heavy atom. The van der Waals surface area contributed by atoms with Gasteiger partial charge in [0.2, 0.25) is 17.7 Å². The van der Waals surface area contributed by atoms with Gasteiger partial charge in [-0.25, -0.2) is 9.18 Å². The van der Waals surface area contributed by atoms with Crippen LogP contribution >= 0.6 is 0 Å². The van der Waals surface area contributed by atoms with Crippen molar-refractivity contribution < 1.29 is 28.3 Å². The third-order valence-corrected chi connectivity index (χ3v) is 7.46. The zero-order valence-corrected chi connectivity index (χ0v) is 28.1. The predicted molar refractivity (Wildman–Crippen MR) is 182 cm³/mol. The predicted octanol–water partition coefficient (Wildman–Crippen LogP) is 5.22. The number of amides is 4. The molecule has 0 spiro atoms. The zero-order chi connectivity index (χ0) is 34.6. The van der Waals surface area contributed by atoms with Gasteiger partial charge in [0.05, 0.1) is 11.8 Å². The summed E-state index contributed by atoms with van der Waals surface area (Å²) in [6.45, 7) is 9.13. The average Bonchev–Trinajstić information content (AvgIpc) is 3.00. The monoisotopic (exact) mass is 646 g/mol. The molecule has 47 heavy (non-hydrogen) atoms. The van der Waals surface area contributed by atoms with Crippen molar-refractivity contribution in [2.24, 2.45) is 11.8 Å². The number of nitrogens with one attached hydrogen (secondary N) is 4. The minimum atomic E-state index is -0.660. The van der Waals surface area contributed by atoms with Crippen LogP contribution in [0.5, 0.6) is 0 Å². The van der Waals surface area contributed by atoms with Gasteiger partial charge in [-0.1, -0.05) is 60.7 Å². The van der Waals surface area contributed by atoms with E-state index in [0.29, 0.717) is 19.3 Å². The van der Waals surface area contributed by atoms with Crippen LogP contribution in [0.4, 0.5) is 9.18 Å². The van der Waals surface area contributed by atoms with Crippen molar-refractivity contribution in [3.05, 3.63) is 95.8 Å². The van der Waals surface area contributed by atoms with Gasteiger partial charge in [-0.05, 0) is 94.0 Å². The van der Waals surface area contributed by atoms with E-state index >= 15 is 0 Å². The van der Waals surface area contributed by atoms with Gasteiger partial charge in [0, 0.05) is 25.7 Å². The Morgan fingerprint density at radius 1 is 0.787 bits per heavy atom. The third kappa shape index (κ3) is 12.9. The maximum Gasteiger partial charge on any atom is 0.408 e. The molecule has 0 aromatic heterocycles. The molecule has 4 amide bonds. The summed E-state index contributed by atoms with van der Waals surface area (Å²) in [5.41, 5.74) is 0.410. The molecule has 0 aliphatic carbocycles. The molecule has 0 saturated heterocycles. The third-order valence-electron chi connectivity index (χ3n) is 7.46. The minimum absolute atomic E-state index is 0.0595. The van der Waals surface area contributed by atoms with Crippen molar-refractivity contribution >= 4 is 34.6 Å². The molecule has 0 aliphatic heterocycles. The summed E-state index contributed by atoms with van der Waals surface area (Å²) in [5.74, 6) is -2.51. The first-order chi connectivity index (χ1) is 22.1. The zero-order valence-electron chi connectivity index (χ0n) is 28.1. The number of benzene rings is 3. The number of ether oxygens (including phenoxy) is 1. The van der Waals surface area contributed by atoms with E-state index in [1.54, 1.807) is 39.0 Å². The molecular formula is C37H47FN4O5. The van der Waals surface area contributed by atoms with Crippen LogP contribution in [0.1, 0.15) is 52.2 Å². The molecule has 0 heterocycles. The average molecular weight is 647 g/mol. The number of hydrogen-bond donors (Lipinski definition) is 4. The van der Waals surface area contributed by atoms with Gasteiger partial charge < -0.3 is 26.0 Å². The van der Waals surface area contributed by atoms with Crippen LogP contribution < -0.4 is 21.3 Å². The van der Waals surface area contributed by atoms with Gasteiger partial charge >= 0.3 is 6.09 Å². The van der Waals surface area contributed by atoms with Gasteiger partial charge in [0.15, 0.2) is 0 Å². The first kappa shape index (κ1) is 36.7. The number of alkyl carbamates (subject to hydrolysis) is 1. The van der Waals surface area contributed by atoms with E-state index in [1.165, 1.54) is 25.3 Å². The van der Waals surface area contributed by atoms with Crippen molar-refractivity contribution in [3.8, 4) is 0 Å². The lowest BCUT2D eigenvalue weighted by Gasteiger charge is -2.27. The lowest BCUT2D eigenvalue weighted by molar-refractivity contribution is -0.126. The molecule has 252 valence electrons. The van der Waals surface area contributed by atoms with E-state index < -0.39 is 29.1 Å². The highest BCUT2D eigenvalue weighted by Gasteiger charge is 2.25. The molecule has 0 aliphatic rings. The molecule has 3 aromatic rings. The van der Waals surface area contributed by atoms with Crippen LogP contribution in [0.25, 0.3) is 10.8 Å². The van der Waals surface area contributed by atoms with E-state index in [-0.39, 0.29) is 36.6 Å². The van der Waals surface area contributed by atoms with Crippen LogP contribution in [-0.2, 0) is 32.0 Å². The highest BCUT2D eigenvalue weighted by atomic mass is 19.1. The summed E-state index contributed by atoms with van der Waals surface area (Å²) in [6.07, 6.45) is 3.55. The number of fused-ring (bicyclic) bond motifs is 1. The molecule has 0 fully saturated rings. The summed E-state index contributed by atoms with van der Waals surface area (Å²) in [7, 11) is 1.53. The first-order valence-corrected chi connectivity index (χ1v) is 15.8. The summed E-state index contributed by atoms with van der Waals surface area (Å²) in [6, 6.07) is 19.8. The molecule has 0 saturated carbocycles. The summed E-state index contributed by atoms with van der Waals surface area (Å²) in [4.78, 5) is 51.2. The maximum atomic E-state index is 13.6. The maximum absolute atomic E-state index is 13.6. The second-order valence-electron chi connectivity index (χ2n) is 13.3. The lowest BCUT2D eigenvalue weighted by Crippen LogP contribution is -2.45. The second kappa shape index (κ2) is 16.7. The molecular weight excluding hydrogens is 599 g/mol. The van der Waals surface area contributed by atoms with Crippen LogP contribution in [-0.4, -0.2) is 55.1 Å². The molecule has 3 rings (SSSR count). The van der Waals surface area contributed by atoms with Gasteiger partial charge in [-0.2, -0.15) is 0 Å². The largest absolute Gasteiger partial charge is 0.444 e. The Balaban J connectivity index is 1.67. The minimum Gasteiger partial charge on any atom is -0.444 e. The number of halogens is 1. The fourth-order valence-corrected chi connectivity index (χ4v) is 5.02. The Hall–Kier alpha value is -4.73. The Morgan fingerprint density at radius 3 is 2.04 bits per heavy atom. The van der Waals surface area contributed by atoms with Crippen molar-refractivity contribution in [1.82, 2.24) is 21.3 Å². The molecule has 2 atom stereocenters. The molecule has 9 nitrogen and oxygen atoms in total. The quantitative estimate of drug-likeness (QED) is 0.179. The van der Waals surface area contributed by atoms with Crippen molar-refractivity contribution in [2.75, 3.05) is 20.1 Å². The molecule has 0 radical (unpaired) electrons. The topological polar surface area (TPSA) is 126 Å². The number of carbonyl (C=O) groups is 4. The van der Waals surface area contributed by atoms with Crippen LogP contribution in [0.15, 0.2) is 78.9 Å². The van der Waals surface area contributed by atoms with E-state index in [4.69, 9.17) is 4.74 Å². The highest BCUT2D eigenvalue weighted by molar-refractivity contribution is 5.88. The van der Waals surface area contributed by atoms with Gasteiger partial charge in [0.25, 0.3) is 0 Å². The smallest absolute Gasteiger partial charge is 0.408 e. The Labute approximate surface area is 276 Å². The van der Waals surface area contributed by atoms with E-state index in [9.17, 15) is 23.6 Å². The SMILES string of the molecule is CNC(=O)[C@@H](CNC(=O)[C@@H](CNC(=O)C=CCC(C)(C)NC(=O)OC(C)(C)C)Cc1ccc2ccccc2c1)Cc1ccc(F)cc1. The Bertz CT molecular complexity index is 1560. The Kier molecular flexibility index (Phi) is 13.1. The fourth-order valence-electron chi connectivity index (χ4n) is 5.02. The van der Waals surface area contributed by atoms with E-state index in [2.05, 4.69) is 21.3 Å². The summed E-state index contributed by atoms with van der Waals surface area (Å²) in [5, 5.41) is 13.3. The van der Waals surface area contributed by atoms with Gasteiger partial charge in [-0.3, -0.25) is 14.4 Å². The van der Waals surface area contributed by atoms with Crippen LogP contribution in [0.3, 0.4) is 0 Å². The van der Waals surface area contributed by atoms with Gasteiger partial charge in [-0.15, -0.1) is 0 Å². The van der Waals surface area contributed by atoms with Crippen LogP contribution in [0, 0.1) is 17.7 Å². The van der Waals surface area contributed by atoms with Crippen LogP contribution in [0.2, 0.25) is 0 Å². The standard InChI is InChI=1S/C37H47FN4O5/c1-36(2,3)47-35(46)42-37(4,5)19-9-12-32(43)40-23-30(22-26-13-16-27-10-7-8-11-28(27)21-26)34(45)41-24-29(33(44)39-6)20-25-14-17-31(38)18-15-25/h7-18,21,29-30H,19-20,22-24H2,1-6H3,(H,39,44)(H,40,43)(H,41,45)(H,42,46)/t29-,30-/m1/s1. The van der Waals surface area contributed by atoms with Crippen molar-refractivity contribution in [3.63, 3.8) is 0 Å². The normalized spacial score (nSPS) is 13.1. The van der Waals surface area contributed by atoms with Gasteiger partial charge in [0.1, 0.15) is 11.4 Å². The van der Waals surface area contributed by atoms with E-state index in [0.717, 1.165) is 21.9 Å². The number of carbonyl (C=O) groups excluding carboxylic acids is 4. The molecule has 0 bridgehead atoms.